The van der Waals surface area contributed by atoms with Gasteiger partial charge in [0.15, 0.2) is 0 Å². The molecular weight excluding hydrogens is 215 g/mol. The molecule has 0 aliphatic rings. The fourth-order valence-electron chi connectivity index (χ4n) is 0.817. The lowest BCUT2D eigenvalue weighted by molar-refractivity contribution is -0.384. The van der Waals surface area contributed by atoms with Crippen molar-refractivity contribution in [2.75, 3.05) is 0 Å². The van der Waals surface area contributed by atoms with Crippen molar-refractivity contribution >= 4 is 23.0 Å². The molecule has 0 saturated heterocycles. The van der Waals surface area contributed by atoms with Crippen molar-refractivity contribution < 1.29 is 9.31 Å². The summed E-state index contributed by atoms with van der Waals surface area (Å²) in [5, 5.41) is 12.8. The van der Waals surface area contributed by atoms with Gasteiger partial charge in [0.2, 0.25) is 0 Å². The van der Waals surface area contributed by atoms with Crippen molar-refractivity contribution in [3.05, 3.63) is 43.5 Å². The van der Waals surface area contributed by atoms with Crippen LogP contribution >= 0.6 is 11.6 Å². The van der Waals surface area contributed by atoms with Gasteiger partial charge in [0.25, 0.3) is 5.69 Å². The second-order valence-electron chi connectivity index (χ2n) is 2.18. The molecular formula is C6H2ClFN4O2. The molecule has 6 nitrogen and oxygen atoms in total. The first-order valence-electron chi connectivity index (χ1n) is 3.25. The summed E-state index contributed by atoms with van der Waals surface area (Å²) in [5.41, 5.74) is 7.05. The minimum atomic E-state index is -0.875. The van der Waals surface area contributed by atoms with E-state index in [1.54, 1.807) is 0 Å². The third kappa shape index (κ3) is 1.73. The lowest BCUT2D eigenvalue weighted by atomic mass is 10.2. The van der Waals surface area contributed by atoms with Gasteiger partial charge < -0.3 is 0 Å². The number of nitro benzene ring substituents is 1. The van der Waals surface area contributed by atoms with E-state index in [1.807, 2.05) is 0 Å². The molecule has 0 amide bonds. The molecule has 0 aromatic heterocycles. The van der Waals surface area contributed by atoms with Gasteiger partial charge in [-0.3, -0.25) is 10.1 Å². The summed E-state index contributed by atoms with van der Waals surface area (Å²) in [6.07, 6.45) is 0. The van der Waals surface area contributed by atoms with Crippen LogP contribution in [0.15, 0.2) is 17.2 Å². The van der Waals surface area contributed by atoms with Crippen LogP contribution < -0.4 is 0 Å². The van der Waals surface area contributed by atoms with Gasteiger partial charge >= 0.3 is 0 Å². The van der Waals surface area contributed by atoms with Gasteiger partial charge in [-0.15, -0.1) is 0 Å². The van der Waals surface area contributed by atoms with E-state index in [2.05, 4.69) is 10.0 Å². The lowest BCUT2D eigenvalue weighted by Crippen LogP contribution is -1.90. The Balaban J connectivity index is 3.52. The van der Waals surface area contributed by atoms with Crippen molar-refractivity contribution in [1.82, 2.24) is 0 Å². The maximum Gasteiger partial charge on any atom is 0.280 e. The van der Waals surface area contributed by atoms with E-state index < -0.39 is 27.1 Å². The number of benzene rings is 1. The Labute approximate surface area is 81.7 Å². The summed E-state index contributed by atoms with van der Waals surface area (Å²) in [4.78, 5) is 11.9. The summed E-state index contributed by atoms with van der Waals surface area (Å²) < 4.78 is 12.8. The topological polar surface area (TPSA) is 91.9 Å². The molecule has 0 fully saturated rings. The Bertz CT molecular complexity index is 444. The molecule has 0 heterocycles. The molecule has 0 radical (unpaired) electrons. The molecule has 0 bridgehead atoms. The standard InChI is InChI=1S/C6H2ClFN4O2/c7-5-3(8)1-2-4(12(13)14)6(5)10-11-9/h1-2H. The molecule has 1 aromatic rings. The van der Waals surface area contributed by atoms with Crippen LogP contribution in [-0.4, -0.2) is 4.92 Å². The number of nitrogens with zero attached hydrogens (tertiary/aromatic N) is 4. The molecule has 8 heteroatoms. The fraction of sp³-hybridized carbons (Fsp3) is 0. The summed E-state index contributed by atoms with van der Waals surface area (Å²) in [7, 11) is 0. The molecule has 0 atom stereocenters. The van der Waals surface area contributed by atoms with Crippen molar-refractivity contribution in [2.45, 2.75) is 0 Å². The molecule has 0 unspecified atom stereocenters. The summed E-state index contributed by atoms with van der Waals surface area (Å²) in [6.45, 7) is 0. The van der Waals surface area contributed by atoms with E-state index in [4.69, 9.17) is 17.1 Å². The number of hydrogen-bond acceptors (Lipinski definition) is 3. The predicted octanol–water partition coefficient (Wildman–Crippen LogP) is 3.33. The first-order valence-corrected chi connectivity index (χ1v) is 3.63. The number of nitro groups is 1. The highest BCUT2D eigenvalue weighted by atomic mass is 35.5. The number of hydrogen-bond donors (Lipinski definition) is 0. The smallest absolute Gasteiger partial charge is 0.258 e. The second kappa shape index (κ2) is 3.91. The molecule has 0 spiro atoms. The maximum atomic E-state index is 12.8. The SMILES string of the molecule is [N-]=[N+]=Nc1c([N+](=O)[O-])ccc(F)c1Cl. The van der Waals surface area contributed by atoms with E-state index in [9.17, 15) is 14.5 Å². The van der Waals surface area contributed by atoms with Crippen LogP contribution in [0.4, 0.5) is 15.8 Å². The van der Waals surface area contributed by atoms with Gasteiger partial charge in [0.1, 0.15) is 11.5 Å². The van der Waals surface area contributed by atoms with Crippen LogP contribution in [0.2, 0.25) is 5.02 Å². The average molecular weight is 217 g/mol. The lowest BCUT2D eigenvalue weighted by Gasteiger charge is -1.99. The Morgan fingerprint density at radius 1 is 1.64 bits per heavy atom. The molecule has 72 valence electrons. The molecule has 0 N–H and O–H groups in total. The highest BCUT2D eigenvalue weighted by molar-refractivity contribution is 6.33. The van der Waals surface area contributed by atoms with Gasteiger partial charge in [0, 0.05) is 11.0 Å². The summed E-state index contributed by atoms with van der Waals surface area (Å²) in [6, 6.07) is 1.71. The minimum absolute atomic E-state index is 0.515. The number of halogens is 2. The fourth-order valence-corrected chi connectivity index (χ4v) is 1.01. The number of azide groups is 1. The average Bonchev–Trinajstić information content (AvgIpc) is 2.13. The first-order chi connectivity index (χ1) is 6.57. The van der Waals surface area contributed by atoms with Gasteiger partial charge in [-0.1, -0.05) is 16.7 Å². The van der Waals surface area contributed by atoms with E-state index in [1.165, 1.54) is 0 Å². The van der Waals surface area contributed by atoms with Crippen molar-refractivity contribution in [3.63, 3.8) is 0 Å². The molecule has 0 saturated carbocycles. The molecule has 0 aliphatic carbocycles. The predicted molar refractivity (Wildman–Crippen MR) is 46.9 cm³/mol. The third-order valence-corrected chi connectivity index (χ3v) is 1.75. The van der Waals surface area contributed by atoms with Crippen molar-refractivity contribution in [3.8, 4) is 0 Å². The highest BCUT2D eigenvalue weighted by Crippen LogP contribution is 2.36. The van der Waals surface area contributed by atoms with E-state index in [0.717, 1.165) is 12.1 Å². The zero-order valence-corrected chi connectivity index (χ0v) is 7.27. The number of rotatable bonds is 2. The Kier molecular flexibility index (Phi) is 2.85. The van der Waals surface area contributed by atoms with Gasteiger partial charge in [0.05, 0.1) is 9.95 Å². The first kappa shape index (κ1) is 10.2. The monoisotopic (exact) mass is 216 g/mol. The minimum Gasteiger partial charge on any atom is -0.258 e. The highest BCUT2D eigenvalue weighted by Gasteiger charge is 2.18. The normalized spacial score (nSPS) is 9.29. The summed E-state index contributed by atoms with van der Waals surface area (Å²) in [5.74, 6) is -0.875. The maximum absolute atomic E-state index is 12.8. The zero-order valence-electron chi connectivity index (χ0n) is 6.52. The van der Waals surface area contributed by atoms with Crippen LogP contribution in [0.25, 0.3) is 10.4 Å². The van der Waals surface area contributed by atoms with E-state index in [-0.39, 0.29) is 0 Å². The van der Waals surface area contributed by atoms with E-state index >= 15 is 0 Å². The van der Waals surface area contributed by atoms with Crippen molar-refractivity contribution in [2.24, 2.45) is 5.11 Å². The van der Waals surface area contributed by atoms with Gasteiger partial charge in [-0.2, -0.15) is 0 Å². The third-order valence-electron chi connectivity index (χ3n) is 1.39. The van der Waals surface area contributed by atoms with Crippen LogP contribution in [0, 0.1) is 15.9 Å². The molecule has 14 heavy (non-hydrogen) atoms. The van der Waals surface area contributed by atoms with Crippen LogP contribution in [0.3, 0.4) is 0 Å². The van der Waals surface area contributed by atoms with Crippen LogP contribution in [0.1, 0.15) is 0 Å². The van der Waals surface area contributed by atoms with E-state index in [0.29, 0.717) is 0 Å². The van der Waals surface area contributed by atoms with Crippen molar-refractivity contribution in [1.29, 1.82) is 0 Å². The zero-order chi connectivity index (χ0) is 10.7. The molecule has 1 rings (SSSR count). The van der Waals surface area contributed by atoms with Gasteiger partial charge in [-0.05, 0) is 11.6 Å². The Morgan fingerprint density at radius 2 is 2.29 bits per heavy atom. The molecule has 0 aliphatic heterocycles. The second-order valence-corrected chi connectivity index (χ2v) is 2.55. The van der Waals surface area contributed by atoms with Crippen LogP contribution in [-0.2, 0) is 0 Å². The Morgan fingerprint density at radius 3 is 2.79 bits per heavy atom. The molecule has 1 aromatic carbocycles. The van der Waals surface area contributed by atoms with Gasteiger partial charge in [-0.25, -0.2) is 4.39 Å². The summed E-state index contributed by atoms with van der Waals surface area (Å²) >= 11 is 5.38. The van der Waals surface area contributed by atoms with Crippen LogP contribution in [0.5, 0.6) is 0 Å². The Hall–Kier alpha value is -1.85. The largest absolute Gasteiger partial charge is 0.280 e. The quantitative estimate of drug-likeness (QED) is 0.249.